The third kappa shape index (κ3) is 14.3. The summed E-state index contributed by atoms with van der Waals surface area (Å²) < 4.78 is 7.59. The molecular formula is C10H10MgO10. The van der Waals surface area contributed by atoms with E-state index in [4.69, 9.17) is 10.2 Å². The van der Waals surface area contributed by atoms with Gasteiger partial charge in [0, 0.05) is 12.2 Å². The summed E-state index contributed by atoms with van der Waals surface area (Å²) in [6.45, 7) is 5.95. The van der Waals surface area contributed by atoms with Gasteiger partial charge in [-0.25, -0.2) is 9.59 Å². The van der Waals surface area contributed by atoms with Crippen LogP contribution in [0.4, 0.5) is 0 Å². The van der Waals surface area contributed by atoms with Gasteiger partial charge in [0.25, 0.3) is 0 Å². The van der Waals surface area contributed by atoms with E-state index >= 15 is 0 Å². The molecule has 2 unspecified atom stereocenters. The van der Waals surface area contributed by atoms with Gasteiger partial charge in [0.15, 0.2) is 0 Å². The number of ether oxygens (including phenoxy) is 2. The first kappa shape index (κ1) is 24.1. The molecule has 0 bridgehead atoms. The zero-order valence-corrected chi connectivity index (χ0v) is 12.0. The van der Waals surface area contributed by atoms with E-state index in [9.17, 15) is 29.4 Å². The molecule has 2 atom stereocenters. The number of carboxylic acid groups (broad SMARTS) is 2. The van der Waals surface area contributed by atoms with Gasteiger partial charge in [0.1, 0.15) is 11.9 Å². The maximum absolute atomic E-state index is 10.1. The molecule has 0 aromatic rings. The third-order valence-electron chi connectivity index (χ3n) is 1.19. The molecule has 11 heteroatoms. The standard InChI is InChI=1S/2C5H6O5.Mg/c2*1-2-3(6)10-5(9)4(7)8;/h2*2,5,9H,1H2,(H,7,8);/q;;+2/p-2. The summed E-state index contributed by atoms with van der Waals surface area (Å²) in [5.74, 6) is -5.76. The summed E-state index contributed by atoms with van der Waals surface area (Å²) in [4.78, 5) is 39.6. The summed E-state index contributed by atoms with van der Waals surface area (Å²) in [5.41, 5.74) is 0. The molecule has 0 saturated heterocycles. The van der Waals surface area contributed by atoms with E-state index in [0.29, 0.717) is 0 Å². The van der Waals surface area contributed by atoms with Crippen molar-refractivity contribution in [3.63, 3.8) is 0 Å². The Kier molecular flexibility index (Phi) is 15.0. The first-order chi connectivity index (χ1) is 9.15. The van der Waals surface area contributed by atoms with Gasteiger partial charge in [0.05, 0.1) is 0 Å². The largest absolute Gasteiger partial charge is 2.00 e. The number of rotatable bonds is 6. The molecule has 0 rings (SSSR count). The Labute approximate surface area is 134 Å². The number of aliphatic hydroxyl groups excluding tert-OH is 2. The van der Waals surface area contributed by atoms with Gasteiger partial charge in [-0.05, 0) is 0 Å². The summed E-state index contributed by atoms with van der Waals surface area (Å²) in [7, 11) is 0. The third-order valence-corrected chi connectivity index (χ3v) is 1.19. The van der Waals surface area contributed by atoms with E-state index < -0.39 is 36.5 Å². The molecule has 0 spiro atoms. The Morgan fingerprint density at radius 1 is 0.857 bits per heavy atom. The molecule has 0 heterocycles. The topological polar surface area (TPSA) is 173 Å². The molecule has 0 aromatic carbocycles. The summed E-state index contributed by atoms with van der Waals surface area (Å²) in [6.07, 6.45) is -2.98. The average molecular weight is 314 g/mol. The van der Waals surface area contributed by atoms with Crippen LogP contribution in [0.3, 0.4) is 0 Å². The van der Waals surface area contributed by atoms with E-state index in [-0.39, 0.29) is 23.1 Å². The monoisotopic (exact) mass is 314 g/mol. The second kappa shape index (κ2) is 13.0. The van der Waals surface area contributed by atoms with Crippen LogP contribution in [-0.2, 0) is 28.7 Å². The molecule has 0 aliphatic rings. The molecule has 0 aliphatic carbocycles. The van der Waals surface area contributed by atoms with E-state index in [0.717, 1.165) is 12.2 Å². The second-order valence-electron chi connectivity index (χ2n) is 2.62. The van der Waals surface area contributed by atoms with Crippen LogP contribution in [0.1, 0.15) is 0 Å². The van der Waals surface area contributed by atoms with Crippen LogP contribution in [0, 0.1) is 0 Å². The maximum Gasteiger partial charge on any atom is 2.00 e. The van der Waals surface area contributed by atoms with Crippen molar-refractivity contribution in [3.8, 4) is 0 Å². The normalized spacial score (nSPS) is 11.1. The Morgan fingerprint density at radius 2 is 1.10 bits per heavy atom. The molecule has 0 saturated carbocycles. The van der Waals surface area contributed by atoms with Crippen LogP contribution in [-0.4, -0.2) is 69.7 Å². The van der Waals surface area contributed by atoms with Crippen molar-refractivity contribution in [2.75, 3.05) is 0 Å². The first-order valence-corrected chi connectivity index (χ1v) is 4.59. The van der Waals surface area contributed by atoms with Gasteiger partial charge in [0.2, 0.25) is 12.6 Å². The Morgan fingerprint density at radius 3 is 1.24 bits per heavy atom. The number of hydrogen-bond donors (Lipinski definition) is 2. The second-order valence-corrected chi connectivity index (χ2v) is 2.62. The van der Waals surface area contributed by atoms with Gasteiger partial charge in [-0.1, -0.05) is 13.2 Å². The summed E-state index contributed by atoms with van der Waals surface area (Å²) >= 11 is 0. The predicted octanol–water partition coefficient (Wildman–Crippen LogP) is -4.81. The van der Waals surface area contributed by atoms with Gasteiger partial charge in [-0.3, -0.25) is 0 Å². The Balaban J connectivity index is -0.000000295. The van der Waals surface area contributed by atoms with Crippen LogP contribution in [0.15, 0.2) is 25.3 Å². The molecular weight excluding hydrogens is 304 g/mol. The van der Waals surface area contributed by atoms with Crippen LogP contribution >= 0.6 is 0 Å². The van der Waals surface area contributed by atoms with Crippen molar-refractivity contribution in [3.05, 3.63) is 25.3 Å². The Hall–Kier alpha value is -1.95. The number of carbonyl (C=O) groups excluding carboxylic acids is 4. The molecule has 21 heavy (non-hydrogen) atoms. The van der Waals surface area contributed by atoms with Gasteiger partial charge >= 0.3 is 35.0 Å². The molecule has 10 nitrogen and oxygen atoms in total. The molecule has 112 valence electrons. The van der Waals surface area contributed by atoms with Crippen molar-refractivity contribution < 1.29 is 49.1 Å². The molecule has 0 amide bonds. The number of carboxylic acids is 2. The maximum atomic E-state index is 10.1. The van der Waals surface area contributed by atoms with E-state index in [2.05, 4.69) is 22.6 Å². The summed E-state index contributed by atoms with van der Waals surface area (Å²) in [5, 5.41) is 35.9. The fourth-order valence-electron chi connectivity index (χ4n) is 0.412. The fraction of sp³-hybridized carbons (Fsp3) is 0.200. The fourth-order valence-corrected chi connectivity index (χ4v) is 0.412. The molecule has 2 N–H and O–H groups in total. The Bertz CT molecular complexity index is 367. The number of carbonyl (C=O) groups is 4. The van der Waals surface area contributed by atoms with Crippen LogP contribution in [0.25, 0.3) is 0 Å². The smallest absolute Gasteiger partial charge is 0.544 e. The zero-order chi connectivity index (χ0) is 16.3. The van der Waals surface area contributed by atoms with Gasteiger partial charge in [-0.2, -0.15) is 0 Å². The number of aliphatic hydroxyl groups is 2. The number of esters is 2. The van der Waals surface area contributed by atoms with Crippen LogP contribution in [0.2, 0.25) is 0 Å². The van der Waals surface area contributed by atoms with E-state index in [1.165, 1.54) is 0 Å². The number of hydrogen-bond acceptors (Lipinski definition) is 10. The predicted molar refractivity (Wildman–Crippen MR) is 60.4 cm³/mol. The molecule has 0 fully saturated rings. The van der Waals surface area contributed by atoms with Crippen LogP contribution < -0.4 is 10.2 Å². The van der Waals surface area contributed by atoms with Crippen molar-refractivity contribution in [1.82, 2.24) is 0 Å². The molecule has 0 aromatic heterocycles. The van der Waals surface area contributed by atoms with Gasteiger partial charge < -0.3 is 39.5 Å². The minimum Gasteiger partial charge on any atom is -0.544 e. The quantitative estimate of drug-likeness (QED) is 0.209. The van der Waals surface area contributed by atoms with Crippen molar-refractivity contribution in [1.29, 1.82) is 0 Å². The minimum atomic E-state index is -2.22. The first-order valence-electron chi connectivity index (χ1n) is 4.59. The van der Waals surface area contributed by atoms with E-state index in [1.54, 1.807) is 0 Å². The SMILES string of the molecule is C=CC(=O)OC(O)C(=O)[O-].C=CC(=O)OC(O)C(=O)[O-].[Mg+2]. The zero-order valence-electron chi connectivity index (χ0n) is 10.6. The van der Waals surface area contributed by atoms with Crippen molar-refractivity contribution in [2.24, 2.45) is 0 Å². The van der Waals surface area contributed by atoms with Gasteiger partial charge in [-0.15, -0.1) is 0 Å². The van der Waals surface area contributed by atoms with Crippen molar-refractivity contribution in [2.45, 2.75) is 12.6 Å². The molecule has 0 radical (unpaired) electrons. The summed E-state index contributed by atoms with van der Waals surface area (Å²) in [6, 6.07) is 0. The molecule has 0 aliphatic heterocycles. The van der Waals surface area contributed by atoms with Crippen LogP contribution in [0.5, 0.6) is 0 Å². The average Bonchev–Trinajstić information content (AvgIpc) is 2.38. The minimum absolute atomic E-state index is 0. The van der Waals surface area contributed by atoms with Crippen molar-refractivity contribution >= 4 is 46.9 Å². The van der Waals surface area contributed by atoms with E-state index in [1.807, 2.05) is 0 Å². The number of aliphatic carboxylic acids is 2.